The van der Waals surface area contributed by atoms with Crippen LogP contribution in [0.3, 0.4) is 0 Å². The Morgan fingerprint density at radius 2 is 1.79 bits per heavy atom. The molecule has 0 spiro atoms. The van der Waals surface area contributed by atoms with Crippen LogP contribution in [-0.2, 0) is 9.53 Å². The Morgan fingerprint density at radius 1 is 1.21 bits per heavy atom. The summed E-state index contributed by atoms with van der Waals surface area (Å²) in [7, 11) is 0. The predicted molar refractivity (Wildman–Crippen MR) is 55.9 cm³/mol. The van der Waals surface area contributed by atoms with Crippen molar-refractivity contribution in [2.45, 2.75) is 45.8 Å². The number of nitrogens with zero attached hydrogens (tertiary/aromatic N) is 2. The minimum absolute atomic E-state index is 0.0897. The van der Waals surface area contributed by atoms with Gasteiger partial charge in [0.15, 0.2) is 0 Å². The molecular formula is C10H16N2O2. The van der Waals surface area contributed by atoms with Crippen LogP contribution < -0.4 is 0 Å². The second-order valence-electron chi connectivity index (χ2n) is 4.27. The number of ether oxygens (including phenoxy) is 1. The molecule has 1 saturated heterocycles. The second kappa shape index (κ2) is 3.28. The zero-order valence-electron chi connectivity index (χ0n) is 9.29. The first-order valence-electron chi connectivity index (χ1n) is 4.62. The highest BCUT2D eigenvalue weighted by Crippen LogP contribution is 2.32. The zero-order chi connectivity index (χ0) is 11.0. The highest BCUT2D eigenvalue weighted by Gasteiger charge is 2.51. The van der Waals surface area contributed by atoms with Crippen molar-refractivity contribution in [3.05, 3.63) is 0 Å². The second-order valence-corrected chi connectivity index (χ2v) is 4.27. The van der Waals surface area contributed by atoms with Crippen molar-refractivity contribution in [3.63, 3.8) is 0 Å². The summed E-state index contributed by atoms with van der Waals surface area (Å²) in [4.78, 5) is 11.8. The van der Waals surface area contributed by atoms with E-state index in [1.54, 1.807) is 27.0 Å². The Kier molecular flexibility index (Phi) is 2.58. The van der Waals surface area contributed by atoms with Crippen molar-refractivity contribution >= 4 is 17.7 Å². The number of Topliss-reactive ketones (excluding diaryl/α,β-unsaturated/α-hetero) is 1. The minimum Gasteiger partial charge on any atom is -0.355 e. The van der Waals surface area contributed by atoms with Crippen molar-refractivity contribution in [3.8, 4) is 0 Å². The van der Waals surface area contributed by atoms with E-state index in [1.165, 1.54) is 0 Å². The first kappa shape index (κ1) is 11.0. The molecule has 0 aliphatic carbocycles. The first-order valence-corrected chi connectivity index (χ1v) is 4.62. The van der Waals surface area contributed by atoms with Crippen molar-refractivity contribution in [2.24, 2.45) is 10.2 Å². The molecule has 0 amide bonds. The summed E-state index contributed by atoms with van der Waals surface area (Å²) >= 11 is 0. The van der Waals surface area contributed by atoms with Crippen LogP contribution in [0.2, 0.25) is 0 Å². The SMILES string of the molecule is CC=NN=C1C(=O)C(C)(C)OC1(C)C. The van der Waals surface area contributed by atoms with Crippen molar-refractivity contribution in [2.75, 3.05) is 0 Å². The molecule has 1 heterocycles. The van der Waals surface area contributed by atoms with E-state index < -0.39 is 11.2 Å². The number of rotatable bonds is 1. The Morgan fingerprint density at radius 3 is 2.14 bits per heavy atom. The quantitative estimate of drug-likeness (QED) is 0.472. The van der Waals surface area contributed by atoms with E-state index in [1.807, 2.05) is 13.8 Å². The predicted octanol–water partition coefficient (Wildman–Crippen LogP) is 1.59. The highest BCUT2D eigenvalue weighted by atomic mass is 16.5. The maximum Gasteiger partial charge on any atom is 0.213 e. The van der Waals surface area contributed by atoms with Gasteiger partial charge in [-0.3, -0.25) is 4.79 Å². The lowest BCUT2D eigenvalue weighted by Gasteiger charge is -2.20. The van der Waals surface area contributed by atoms with Gasteiger partial charge in [-0.2, -0.15) is 5.10 Å². The summed E-state index contributed by atoms with van der Waals surface area (Å²) in [5.41, 5.74) is -1.04. The summed E-state index contributed by atoms with van der Waals surface area (Å²) in [5.74, 6) is -0.0897. The Hall–Kier alpha value is -1.03. The molecule has 1 fully saturated rings. The van der Waals surface area contributed by atoms with E-state index in [9.17, 15) is 4.79 Å². The van der Waals surface area contributed by atoms with Crippen LogP contribution >= 0.6 is 0 Å². The lowest BCUT2D eigenvalue weighted by atomic mass is 9.97. The standard InChI is InChI=1S/C10H16N2O2/c1-6-11-12-7-8(13)10(4,5)14-9(7,2)3/h6H,1-5H3. The van der Waals surface area contributed by atoms with Crippen LogP contribution in [-0.4, -0.2) is 28.9 Å². The Labute approximate surface area is 84.1 Å². The molecule has 1 aliphatic heterocycles. The molecule has 78 valence electrons. The molecule has 0 unspecified atom stereocenters. The fraction of sp³-hybridized carbons (Fsp3) is 0.700. The highest BCUT2D eigenvalue weighted by molar-refractivity contribution is 6.47. The number of ketones is 1. The molecule has 14 heavy (non-hydrogen) atoms. The summed E-state index contributed by atoms with van der Waals surface area (Å²) in [5, 5.41) is 7.61. The first-order chi connectivity index (χ1) is 6.31. The summed E-state index contributed by atoms with van der Waals surface area (Å²) in [6.45, 7) is 8.89. The van der Waals surface area contributed by atoms with Gasteiger partial charge in [-0.1, -0.05) is 0 Å². The Balaban J connectivity index is 3.12. The van der Waals surface area contributed by atoms with E-state index in [2.05, 4.69) is 10.2 Å². The van der Waals surface area contributed by atoms with Gasteiger partial charge < -0.3 is 4.74 Å². The van der Waals surface area contributed by atoms with Gasteiger partial charge in [-0.05, 0) is 34.6 Å². The molecule has 4 nitrogen and oxygen atoms in total. The van der Waals surface area contributed by atoms with Crippen LogP contribution in [0, 0.1) is 0 Å². The topological polar surface area (TPSA) is 51.0 Å². The van der Waals surface area contributed by atoms with Gasteiger partial charge >= 0.3 is 0 Å². The molecule has 0 saturated carbocycles. The molecule has 0 aromatic carbocycles. The number of carbonyl (C=O) groups excluding carboxylic acids is 1. The minimum atomic E-state index is -0.786. The van der Waals surface area contributed by atoms with E-state index in [0.717, 1.165) is 0 Å². The van der Waals surface area contributed by atoms with Crippen LogP contribution in [0.25, 0.3) is 0 Å². The maximum absolute atomic E-state index is 11.8. The van der Waals surface area contributed by atoms with Crippen molar-refractivity contribution in [1.82, 2.24) is 0 Å². The Bertz CT molecular complexity index is 314. The van der Waals surface area contributed by atoms with Crippen LogP contribution in [0.5, 0.6) is 0 Å². The fourth-order valence-corrected chi connectivity index (χ4v) is 1.57. The maximum atomic E-state index is 11.8. The van der Waals surface area contributed by atoms with Crippen molar-refractivity contribution in [1.29, 1.82) is 0 Å². The van der Waals surface area contributed by atoms with E-state index in [4.69, 9.17) is 4.74 Å². The number of carbonyl (C=O) groups is 1. The average molecular weight is 196 g/mol. The van der Waals surface area contributed by atoms with Gasteiger partial charge in [0.25, 0.3) is 0 Å². The van der Waals surface area contributed by atoms with E-state index >= 15 is 0 Å². The molecular weight excluding hydrogens is 180 g/mol. The van der Waals surface area contributed by atoms with Gasteiger partial charge in [0, 0.05) is 6.21 Å². The molecule has 4 heteroatoms. The summed E-state index contributed by atoms with van der Waals surface area (Å²) in [6, 6.07) is 0. The average Bonchev–Trinajstić information content (AvgIpc) is 2.16. The van der Waals surface area contributed by atoms with E-state index in [-0.39, 0.29) is 5.78 Å². The monoisotopic (exact) mass is 196 g/mol. The molecule has 0 aromatic heterocycles. The molecule has 0 N–H and O–H groups in total. The van der Waals surface area contributed by atoms with Gasteiger partial charge in [-0.15, -0.1) is 5.10 Å². The molecule has 0 aromatic rings. The van der Waals surface area contributed by atoms with Gasteiger partial charge in [0.1, 0.15) is 16.9 Å². The lowest BCUT2D eigenvalue weighted by molar-refractivity contribution is -0.131. The number of hydrogen-bond acceptors (Lipinski definition) is 4. The van der Waals surface area contributed by atoms with Crippen molar-refractivity contribution < 1.29 is 9.53 Å². The van der Waals surface area contributed by atoms with Gasteiger partial charge in [-0.25, -0.2) is 0 Å². The third-order valence-corrected chi connectivity index (χ3v) is 2.12. The zero-order valence-corrected chi connectivity index (χ0v) is 9.29. The van der Waals surface area contributed by atoms with Crippen LogP contribution in [0.1, 0.15) is 34.6 Å². The molecule has 0 bridgehead atoms. The normalized spacial score (nSPS) is 27.8. The third-order valence-electron chi connectivity index (χ3n) is 2.12. The summed E-state index contributed by atoms with van der Waals surface area (Å²) < 4.78 is 5.60. The van der Waals surface area contributed by atoms with E-state index in [0.29, 0.717) is 5.71 Å². The van der Waals surface area contributed by atoms with Gasteiger partial charge in [0.05, 0.1) is 0 Å². The molecule has 1 aliphatic rings. The fourth-order valence-electron chi connectivity index (χ4n) is 1.57. The van der Waals surface area contributed by atoms with Crippen LogP contribution in [0.4, 0.5) is 0 Å². The largest absolute Gasteiger partial charge is 0.355 e. The third kappa shape index (κ3) is 1.75. The smallest absolute Gasteiger partial charge is 0.213 e. The van der Waals surface area contributed by atoms with Crippen LogP contribution in [0.15, 0.2) is 10.2 Å². The lowest BCUT2D eigenvalue weighted by Crippen LogP contribution is -2.30. The summed E-state index contributed by atoms with van der Waals surface area (Å²) in [6.07, 6.45) is 1.54. The molecule has 0 atom stereocenters. The molecule has 1 rings (SSSR count). The number of hydrogen-bond donors (Lipinski definition) is 0. The molecule has 0 radical (unpaired) electrons. The van der Waals surface area contributed by atoms with Gasteiger partial charge in [0.2, 0.25) is 5.78 Å².